The Bertz CT molecular complexity index is 1140. The quantitative estimate of drug-likeness (QED) is 0.509. The lowest BCUT2D eigenvalue weighted by Gasteiger charge is -2.13. The Morgan fingerprint density at radius 2 is 2.00 bits per heavy atom. The molecule has 0 spiro atoms. The number of fused-ring (bicyclic) bond motifs is 1. The number of thiophene rings is 1. The third kappa shape index (κ3) is 3.49. The van der Waals surface area contributed by atoms with E-state index < -0.39 is 0 Å². The minimum atomic E-state index is -0.252. The molecular weight excluding hydrogens is 384 g/mol. The molecule has 0 radical (unpaired) electrons. The molecule has 0 saturated carbocycles. The Kier molecular flexibility index (Phi) is 4.51. The molecule has 4 rings (SSSR count). The fourth-order valence-electron chi connectivity index (χ4n) is 2.68. The lowest BCUT2D eigenvalue weighted by atomic mass is 10.3. The van der Waals surface area contributed by atoms with Crippen LogP contribution in [0.5, 0.6) is 0 Å². The summed E-state index contributed by atoms with van der Waals surface area (Å²) in [4.78, 5) is 22.1. The smallest absolute Gasteiger partial charge is 0.278 e. The molecule has 3 aromatic heterocycles. The standard InChI is InChI=1S/C18H15ClN6OS/c1-10-8-11(2)25(24-10)17-16(22-23-18(26)15-4-3-7-27-15)20-14-9-12(19)5-6-13(14)21-17/h3-9H,1-2H3,(H,20,22)(H,23,26). The molecule has 0 fully saturated rings. The van der Waals surface area contributed by atoms with Gasteiger partial charge in [0.2, 0.25) is 0 Å². The van der Waals surface area contributed by atoms with Crippen molar-refractivity contribution >= 4 is 45.7 Å². The molecule has 1 amide bonds. The number of aryl methyl sites for hydroxylation is 2. The Morgan fingerprint density at radius 1 is 1.15 bits per heavy atom. The van der Waals surface area contributed by atoms with E-state index in [2.05, 4.69) is 25.9 Å². The van der Waals surface area contributed by atoms with Crippen LogP contribution in [0.1, 0.15) is 21.1 Å². The number of rotatable bonds is 4. The first-order valence-corrected chi connectivity index (χ1v) is 9.38. The molecule has 136 valence electrons. The van der Waals surface area contributed by atoms with Crippen LogP contribution in [0.3, 0.4) is 0 Å². The lowest BCUT2D eigenvalue weighted by Crippen LogP contribution is -2.30. The first kappa shape index (κ1) is 17.4. The average molecular weight is 399 g/mol. The van der Waals surface area contributed by atoms with E-state index in [-0.39, 0.29) is 5.91 Å². The molecule has 27 heavy (non-hydrogen) atoms. The number of nitrogens with zero attached hydrogens (tertiary/aromatic N) is 4. The number of nitrogens with one attached hydrogen (secondary N) is 2. The van der Waals surface area contributed by atoms with Crippen molar-refractivity contribution in [1.29, 1.82) is 0 Å². The van der Waals surface area contributed by atoms with E-state index in [9.17, 15) is 4.79 Å². The number of carbonyl (C=O) groups excluding carboxylic acids is 1. The highest BCUT2D eigenvalue weighted by Crippen LogP contribution is 2.23. The summed E-state index contributed by atoms with van der Waals surface area (Å²) in [7, 11) is 0. The predicted octanol–water partition coefficient (Wildman–Crippen LogP) is 3.90. The molecule has 0 aliphatic heterocycles. The summed E-state index contributed by atoms with van der Waals surface area (Å²) in [6, 6.07) is 10.8. The molecule has 3 heterocycles. The minimum Gasteiger partial charge on any atom is -0.278 e. The van der Waals surface area contributed by atoms with Gasteiger partial charge in [0.25, 0.3) is 5.91 Å². The molecule has 1 aromatic carbocycles. The highest BCUT2D eigenvalue weighted by Gasteiger charge is 2.16. The third-order valence-corrected chi connectivity index (χ3v) is 4.96. The van der Waals surface area contributed by atoms with Gasteiger partial charge in [-0.2, -0.15) is 5.10 Å². The summed E-state index contributed by atoms with van der Waals surface area (Å²) in [6.45, 7) is 3.84. The van der Waals surface area contributed by atoms with E-state index in [4.69, 9.17) is 11.6 Å². The molecule has 0 unspecified atom stereocenters. The Hall–Kier alpha value is -2.97. The number of halogens is 1. The van der Waals surface area contributed by atoms with Gasteiger partial charge >= 0.3 is 0 Å². The SMILES string of the molecule is Cc1cc(C)n(-c2nc3ccc(Cl)cc3nc2NNC(=O)c2cccs2)n1. The van der Waals surface area contributed by atoms with Crippen molar-refractivity contribution in [3.8, 4) is 5.82 Å². The van der Waals surface area contributed by atoms with Crippen molar-refractivity contribution in [3.05, 3.63) is 63.1 Å². The second-order valence-electron chi connectivity index (χ2n) is 5.92. The third-order valence-electron chi connectivity index (χ3n) is 3.86. The van der Waals surface area contributed by atoms with E-state index >= 15 is 0 Å². The average Bonchev–Trinajstić information content (AvgIpc) is 3.28. The molecule has 0 aliphatic rings. The Labute approximate surface area is 164 Å². The van der Waals surface area contributed by atoms with Crippen molar-refractivity contribution in [2.24, 2.45) is 0 Å². The predicted molar refractivity (Wildman–Crippen MR) is 107 cm³/mol. The van der Waals surface area contributed by atoms with Crippen molar-refractivity contribution in [2.75, 3.05) is 5.43 Å². The zero-order valence-electron chi connectivity index (χ0n) is 14.5. The van der Waals surface area contributed by atoms with Crippen LogP contribution in [-0.4, -0.2) is 25.7 Å². The van der Waals surface area contributed by atoms with Gasteiger partial charge in [-0.25, -0.2) is 14.6 Å². The fraction of sp³-hybridized carbons (Fsp3) is 0.111. The van der Waals surface area contributed by atoms with Gasteiger partial charge in [-0.1, -0.05) is 17.7 Å². The summed E-state index contributed by atoms with van der Waals surface area (Å²) in [5, 5.41) is 6.88. The van der Waals surface area contributed by atoms with E-state index in [0.717, 1.165) is 11.4 Å². The summed E-state index contributed by atoms with van der Waals surface area (Å²) in [5.41, 5.74) is 8.59. The van der Waals surface area contributed by atoms with Gasteiger partial charge in [0.1, 0.15) is 0 Å². The maximum atomic E-state index is 12.3. The van der Waals surface area contributed by atoms with E-state index in [0.29, 0.717) is 32.6 Å². The molecule has 4 aromatic rings. The minimum absolute atomic E-state index is 0.252. The number of aromatic nitrogens is 4. The zero-order valence-corrected chi connectivity index (χ0v) is 16.1. The fourth-order valence-corrected chi connectivity index (χ4v) is 3.46. The number of carbonyl (C=O) groups is 1. The maximum Gasteiger partial charge on any atom is 0.279 e. The number of benzene rings is 1. The number of hydrogen-bond acceptors (Lipinski definition) is 6. The van der Waals surface area contributed by atoms with Gasteiger partial charge in [0.15, 0.2) is 11.6 Å². The highest BCUT2D eigenvalue weighted by atomic mass is 35.5. The maximum absolute atomic E-state index is 12.3. The first-order chi connectivity index (χ1) is 13.0. The summed E-state index contributed by atoms with van der Waals surface area (Å²) < 4.78 is 1.69. The molecule has 0 saturated heterocycles. The number of hydrazine groups is 1. The second-order valence-corrected chi connectivity index (χ2v) is 7.31. The lowest BCUT2D eigenvalue weighted by molar-refractivity contribution is 0.0966. The van der Waals surface area contributed by atoms with Crippen LogP contribution in [0, 0.1) is 13.8 Å². The van der Waals surface area contributed by atoms with Crippen molar-refractivity contribution in [2.45, 2.75) is 13.8 Å². The van der Waals surface area contributed by atoms with Gasteiger partial charge in [-0.15, -0.1) is 11.3 Å². The molecule has 0 atom stereocenters. The molecule has 0 aliphatic carbocycles. The van der Waals surface area contributed by atoms with Crippen molar-refractivity contribution in [3.63, 3.8) is 0 Å². The number of anilines is 1. The number of hydrogen-bond donors (Lipinski definition) is 2. The molecule has 7 nitrogen and oxygen atoms in total. The van der Waals surface area contributed by atoms with Crippen molar-refractivity contribution in [1.82, 2.24) is 25.2 Å². The zero-order chi connectivity index (χ0) is 19.0. The van der Waals surface area contributed by atoms with Gasteiger partial charge < -0.3 is 0 Å². The van der Waals surface area contributed by atoms with Crippen LogP contribution in [-0.2, 0) is 0 Å². The van der Waals surface area contributed by atoms with Crippen LogP contribution < -0.4 is 10.9 Å². The molecular formula is C18H15ClN6OS. The molecule has 9 heteroatoms. The van der Waals surface area contributed by atoms with Crippen LogP contribution in [0.15, 0.2) is 41.8 Å². The Balaban J connectivity index is 1.77. The summed E-state index contributed by atoms with van der Waals surface area (Å²) >= 11 is 7.43. The monoisotopic (exact) mass is 398 g/mol. The summed E-state index contributed by atoms with van der Waals surface area (Å²) in [6.07, 6.45) is 0. The van der Waals surface area contributed by atoms with Crippen LogP contribution in [0.2, 0.25) is 5.02 Å². The second kappa shape index (κ2) is 6.98. The van der Waals surface area contributed by atoms with Gasteiger partial charge in [-0.3, -0.25) is 15.6 Å². The topological polar surface area (TPSA) is 84.7 Å². The highest BCUT2D eigenvalue weighted by molar-refractivity contribution is 7.12. The van der Waals surface area contributed by atoms with Gasteiger partial charge in [0.05, 0.1) is 21.6 Å². The van der Waals surface area contributed by atoms with E-state index in [1.54, 1.807) is 28.9 Å². The van der Waals surface area contributed by atoms with Gasteiger partial charge in [-0.05, 0) is 49.6 Å². The van der Waals surface area contributed by atoms with Crippen LogP contribution in [0.25, 0.3) is 16.9 Å². The number of amides is 1. The van der Waals surface area contributed by atoms with E-state index in [1.807, 2.05) is 31.4 Å². The first-order valence-electron chi connectivity index (χ1n) is 8.12. The normalized spacial score (nSPS) is 10.9. The summed E-state index contributed by atoms with van der Waals surface area (Å²) in [5.74, 6) is 0.611. The van der Waals surface area contributed by atoms with Crippen molar-refractivity contribution < 1.29 is 4.79 Å². The Morgan fingerprint density at radius 3 is 2.70 bits per heavy atom. The van der Waals surface area contributed by atoms with E-state index in [1.165, 1.54) is 11.3 Å². The largest absolute Gasteiger partial charge is 0.279 e. The molecule has 2 N–H and O–H groups in total. The molecule has 0 bridgehead atoms. The van der Waals surface area contributed by atoms with Crippen LogP contribution >= 0.6 is 22.9 Å². The van der Waals surface area contributed by atoms with Gasteiger partial charge in [0, 0.05) is 10.7 Å². The van der Waals surface area contributed by atoms with Crippen LogP contribution in [0.4, 0.5) is 5.82 Å².